The van der Waals surface area contributed by atoms with Gasteiger partial charge in [0.05, 0.1) is 0 Å². The molecule has 0 aromatic heterocycles. The third-order valence-corrected chi connectivity index (χ3v) is 2.98. The van der Waals surface area contributed by atoms with Crippen LogP contribution in [-0.4, -0.2) is 6.54 Å². The van der Waals surface area contributed by atoms with E-state index in [0.29, 0.717) is 12.1 Å². The van der Waals surface area contributed by atoms with Gasteiger partial charge in [-0.05, 0) is 36.2 Å². The van der Waals surface area contributed by atoms with Gasteiger partial charge in [-0.1, -0.05) is 31.2 Å². The Morgan fingerprint density at radius 3 is 2.53 bits per heavy atom. The highest BCUT2D eigenvalue weighted by Gasteiger charge is 2.09. The molecule has 0 bridgehead atoms. The summed E-state index contributed by atoms with van der Waals surface area (Å²) in [6.07, 6.45) is 1.05. The van der Waals surface area contributed by atoms with Gasteiger partial charge < -0.3 is 5.32 Å². The average molecular weight is 261 g/mol. The van der Waals surface area contributed by atoms with Gasteiger partial charge in [-0.2, -0.15) is 0 Å². The maximum atomic E-state index is 13.8. The lowest BCUT2D eigenvalue weighted by molar-refractivity contribution is 0.585. The predicted molar refractivity (Wildman–Crippen MR) is 73.8 cm³/mol. The first-order chi connectivity index (χ1) is 9.22. The van der Waals surface area contributed by atoms with Crippen LogP contribution in [0.5, 0.6) is 0 Å². The van der Waals surface area contributed by atoms with E-state index in [-0.39, 0.29) is 0 Å². The molecule has 3 heteroatoms. The second kappa shape index (κ2) is 6.43. The van der Waals surface area contributed by atoms with Crippen molar-refractivity contribution in [2.75, 3.05) is 6.54 Å². The summed E-state index contributed by atoms with van der Waals surface area (Å²) in [4.78, 5) is 0. The molecule has 1 N–H and O–H groups in total. The van der Waals surface area contributed by atoms with Crippen LogP contribution in [0.3, 0.4) is 0 Å². The molecule has 0 amide bonds. The lowest BCUT2D eigenvalue weighted by Crippen LogP contribution is -2.14. The van der Waals surface area contributed by atoms with Gasteiger partial charge in [0.25, 0.3) is 0 Å². The van der Waals surface area contributed by atoms with Gasteiger partial charge in [0.1, 0.15) is 11.6 Å². The van der Waals surface area contributed by atoms with Gasteiger partial charge in [0, 0.05) is 18.2 Å². The van der Waals surface area contributed by atoms with Gasteiger partial charge in [-0.15, -0.1) is 0 Å². The van der Waals surface area contributed by atoms with E-state index >= 15 is 0 Å². The molecule has 100 valence electrons. The molecule has 2 aromatic carbocycles. The van der Waals surface area contributed by atoms with Gasteiger partial charge in [0.15, 0.2) is 0 Å². The molecule has 2 aromatic rings. The highest BCUT2D eigenvalue weighted by molar-refractivity contribution is 5.67. The molecule has 0 fully saturated rings. The van der Waals surface area contributed by atoms with Crippen molar-refractivity contribution >= 4 is 0 Å². The number of hydrogen-bond acceptors (Lipinski definition) is 1. The van der Waals surface area contributed by atoms with Crippen LogP contribution in [0.2, 0.25) is 0 Å². The first-order valence-electron chi connectivity index (χ1n) is 6.46. The Hall–Kier alpha value is -1.74. The molecule has 0 atom stereocenters. The van der Waals surface area contributed by atoms with E-state index in [4.69, 9.17) is 0 Å². The van der Waals surface area contributed by atoms with E-state index in [1.54, 1.807) is 0 Å². The van der Waals surface area contributed by atoms with E-state index in [2.05, 4.69) is 12.2 Å². The number of halogens is 2. The monoisotopic (exact) mass is 261 g/mol. The van der Waals surface area contributed by atoms with E-state index in [1.807, 2.05) is 24.3 Å². The van der Waals surface area contributed by atoms with Gasteiger partial charge >= 0.3 is 0 Å². The van der Waals surface area contributed by atoms with Crippen molar-refractivity contribution in [2.45, 2.75) is 19.9 Å². The lowest BCUT2D eigenvalue weighted by Gasteiger charge is -2.11. The van der Waals surface area contributed by atoms with Crippen molar-refractivity contribution in [2.24, 2.45) is 0 Å². The summed E-state index contributed by atoms with van der Waals surface area (Å²) in [5.74, 6) is -1.08. The molecule has 0 spiro atoms. The van der Waals surface area contributed by atoms with Gasteiger partial charge in [0.2, 0.25) is 0 Å². The second-order valence-corrected chi connectivity index (χ2v) is 4.46. The standard InChI is InChI=1S/C16H17F2N/c1-2-9-19-11-12-5-3-4-6-14(12)15-8-7-13(17)10-16(15)18/h3-8,10,19H,2,9,11H2,1H3. The number of hydrogen-bond donors (Lipinski definition) is 1. The van der Waals surface area contributed by atoms with Crippen molar-refractivity contribution in [1.82, 2.24) is 5.32 Å². The Bertz CT molecular complexity index is 552. The molecule has 0 aliphatic carbocycles. The maximum absolute atomic E-state index is 13.8. The molecule has 0 aliphatic rings. The SMILES string of the molecule is CCCNCc1ccccc1-c1ccc(F)cc1F. The molecule has 0 heterocycles. The smallest absolute Gasteiger partial charge is 0.133 e. The normalized spacial score (nSPS) is 10.7. The van der Waals surface area contributed by atoms with Crippen molar-refractivity contribution in [3.8, 4) is 11.1 Å². The van der Waals surface area contributed by atoms with Crippen molar-refractivity contribution in [3.05, 3.63) is 59.7 Å². The van der Waals surface area contributed by atoms with E-state index in [0.717, 1.165) is 30.2 Å². The van der Waals surface area contributed by atoms with Crippen LogP contribution < -0.4 is 5.32 Å². The first kappa shape index (κ1) is 13.7. The van der Waals surface area contributed by atoms with Crippen LogP contribution in [0, 0.1) is 11.6 Å². The highest BCUT2D eigenvalue weighted by Crippen LogP contribution is 2.26. The second-order valence-electron chi connectivity index (χ2n) is 4.46. The summed E-state index contributed by atoms with van der Waals surface area (Å²) >= 11 is 0. The minimum atomic E-state index is -0.553. The van der Waals surface area contributed by atoms with Crippen LogP contribution in [0.1, 0.15) is 18.9 Å². The third kappa shape index (κ3) is 3.38. The fourth-order valence-electron chi connectivity index (χ4n) is 2.04. The largest absolute Gasteiger partial charge is 0.313 e. The summed E-state index contributed by atoms with van der Waals surface area (Å²) in [7, 11) is 0. The number of rotatable bonds is 5. The maximum Gasteiger partial charge on any atom is 0.133 e. The van der Waals surface area contributed by atoms with Crippen LogP contribution in [0.4, 0.5) is 8.78 Å². The van der Waals surface area contributed by atoms with Gasteiger partial charge in [-0.25, -0.2) is 8.78 Å². The van der Waals surface area contributed by atoms with Crippen LogP contribution >= 0.6 is 0 Å². The molecule has 2 rings (SSSR count). The van der Waals surface area contributed by atoms with Crippen molar-refractivity contribution in [1.29, 1.82) is 0 Å². The fraction of sp³-hybridized carbons (Fsp3) is 0.250. The molecule has 19 heavy (non-hydrogen) atoms. The Labute approximate surface area is 112 Å². The Morgan fingerprint density at radius 2 is 1.79 bits per heavy atom. The predicted octanol–water partition coefficient (Wildman–Crippen LogP) is 4.13. The van der Waals surface area contributed by atoms with E-state index in [1.165, 1.54) is 12.1 Å². The topological polar surface area (TPSA) is 12.0 Å². The van der Waals surface area contributed by atoms with Crippen LogP contribution in [0.25, 0.3) is 11.1 Å². The summed E-state index contributed by atoms with van der Waals surface area (Å²) in [5, 5.41) is 3.30. The zero-order valence-corrected chi connectivity index (χ0v) is 10.9. The Morgan fingerprint density at radius 1 is 1.00 bits per heavy atom. The van der Waals surface area contributed by atoms with E-state index in [9.17, 15) is 8.78 Å². The average Bonchev–Trinajstić information content (AvgIpc) is 2.40. The molecule has 0 saturated carbocycles. The Balaban J connectivity index is 2.33. The first-order valence-corrected chi connectivity index (χ1v) is 6.46. The summed E-state index contributed by atoms with van der Waals surface area (Å²) in [6, 6.07) is 11.3. The highest BCUT2D eigenvalue weighted by atomic mass is 19.1. The Kier molecular flexibility index (Phi) is 4.63. The minimum absolute atomic E-state index is 0.440. The molecule has 0 aliphatic heterocycles. The van der Waals surface area contributed by atoms with Crippen molar-refractivity contribution in [3.63, 3.8) is 0 Å². The zero-order chi connectivity index (χ0) is 13.7. The molecular formula is C16H17F2N. The molecule has 1 nitrogen and oxygen atoms in total. The summed E-state index contributed by atoms with van der Waals surface area (Å²) < 4.78 is 26.8. The van der Waals surface area contributed by atoms with E-state index < -0.39 is 11.6 Å². The molecule has 0 unspecified atom stereocenters. The number of nitrogens with one attached hydrogen (secondary N) is 1. The third-order valence-electron chi connectivity index (χ3n) is 2.98. The fourth-order valence-corrected chi connectivity index (χ4v) is 2.04. The summed E-state index contributed by atoms with van der Waals surface area (Å²) in [5.41, 5.74) is 2.26. The quantitative estimate of drug-likeness (QED) is 0.798. The lowest BCUT2D eigenvalue weighted by atomic mass is 9.99. The summed E-state index contributed by atoms with van der Waals surface area (Å²) in [6.45, 7) is 3.69. The van der Waals surface area contributed by atoms with Crippen molar-refractivity contribution < 1.29 is 8.78 Å². The number of benzene rings is 2. The molecule has 0 saturated heterocycles. The van der Waals surface area contributed by atoms with Crippen LogP contribution in [0.15, 0.2) is 42.5 Å². The van der Waals surface area contributed by atoms with Crippen LogP contribution in [-0.2, 0) is 6.54 Å². The van der Waals surface area contributed by atoms with Gasteiger partial charge in [-0.3, -0.25) is 0 Å². The molecular weight excluding hydrogens is 244 g/mol. The molecule has 0 radical (unpaired) electrons. The zero-order valence-electron chi connectivity index (χ0n) is 10.9. The minimum Gasteiger partial charge on any atom is -0.313 e.